The zero-order valence-electron chi connectivity index (χ0n) is 10.2. The summed E-state index contributed by atoms with van der Waals surface area (Å²) in [4.78, 5) is 10.2. The Hall–Kier alpha value is -0.980. The molecule has 5 nitrogen and oxygen atoms in total. The fraction of sp³-hybridized carbons (Fsp3) is 0.667. The van der Waals surface area contributed by atoms with Gasteiger partial charge in [-0.15, -0.1) is 0 Å². The van der Waals surface area contributed by atoms with Gasteiger partial charge in [0.25, 0.3) is 0 Å². The first-order chi connectivity index (χ1) is 8.66. The highest BCUT2D eigenvalue weighted by atomic mass is 32.1. The Morgan fingerprint density at radius 2 is 2.22 bits per heavy atom. The third kappa shape index (κ3) is 3.51. The first-order valence-corrected chi connectivity index (χ1v) is 7.18. The van der Waals surface area contributed by atoms with E-state index in [4.69, 9.17) is 0 Å². The predicted octanol–water partition coefficient (Wildman–Crippen LogP) is 2.44. The highest BCUT2D eigenvalue weighted by molar-refractivity contribution is 7.13. The molecule has 1 heterocycles. The Morgan fingerprint density at radius 1 is 1.44 bits per heavy atom. The van der Waals surface area contributed by atoms with Gasteiger partial charge in [-0.2, -0.15) is 0 Å². The number of nitro groups is 1. The lowest BCUT2D eigenvalue weighted by Gasteiger charge is -2.21. The largest absolute Gasteiger partial charge is 0.392 e. The van der Waals surface area contributed by atoms with Gasteiger partial charge >= 0.3 is 5.00 Å². The molecule has 2 atom stereocenters. The van der Waals surface area contributed by atoms with Crippen molar-refractivity contribution in [3.63, 3.8) is 0 Å². The van der Waals surface area contributed by atoms with Gasteiger partial charge in [-0.3, -0.25) is 10.1 Å². The lowest BCUT2D eigenvalue weighted by molar-refractivity contribution is -0.380. The summed E-state index contributed by atoms with van der Waals surface area (Å²) in [6.45, 7) is 0.589. The van der Waals surface area contributed by atoms with Gasteiger partial charge in [0.2, 0.25) is 0 Å². The monoisotopic (exact) mass is 270 g/mol. The van der Waals surface area contributed by atoms with Crippen molar-refractivity contribution in [1.82, 2.24) is 5.32 Å². The summed E-state index contributed by atoms with van der Waals surface area (Å²) in [7, 11) is 0. The van der Waals surface area contributed by atoms with Crippen LogP contribution in [0.3, 0.4) is 0 Å². The summed E-state index contributed by atoms with van der Waals surface area (Å²) < 4.78 is 0. The molecule has 18 heavy (non-hydrogen) atoms. The average Bonchev–Trinajstić information content (AvgIpc) is 2.72. The Bertz CT molecular complexity index is 408. The Kier molecular flexibility index (Phi) is 4.68. The van der Waals surface area contributed by atoms with E-state index in [-0.39, 0.29) is 22.1 Å². The van der Waals surface area contributed by atoms with Crippen molar-refractivity contribution in [2.75, 3.05) is 0 Å². The zero-order chi connectivity index (χ0) is 13.0. The molecule has 1 aliphatic rings. The normalized spacial score (nSPS) is 24.7. The van der Waals surface area contributed by atoms with Crippen LogP contribution in [-0.2, 0) is 6.54 Å². The molecule has 100 valence electrons. The maximum Gasteiger partial charge on any atom is 0.324 e. The van der Waals surface area contributed by atoms with Crippen LogP contribution in [0.2, 0.25) is 0 Å². The standard InChI is InChI=1S/C12H18N2O3S/c15-11-5-3-1-2-4-10(11)13-7-9-6-12(14(16)17)18-8-9/h6,8,10-11,13,15H,1-5,7H2. The molecule has 0 spiro atoms. The van der Waals surface area contributed by atoms with Gasteiger partial charge in [0.1, 0.15) is 0 Å². The van der Waals surface area contributed by atoms with E-state index in [2.05, 4.69) is 5.32 Å². The molecule has 2 unspecified atom stereocenters. The number of nitrogens with zero attached hydrogens (tertiary/aromatic N) is 1. The van der Waals surface area contributed by atoms with Crippen LogP contribution in [0.1, 0.15) is 37.7 Å². The average molecular weight is 270 g/mol. The third-order valence-corrected chi connectivity index (χ3v) is 4.30. The smallest absolute Gasteiger partial charge is 0.324 e. The molecule has 1 aromatic rings. The Labute approximate surface area is 110 Å². The minimum Gasteiger partial charge on any atom is -0.392 e. The second kappa shape index (κ2) is 6.26. The van der Waals surface area contributed by atoms with E-state index in [1.807, 2.05) is 0 Å². The molecule has 1 fully saturated rings. The Morgan fingerprint density at radius 3 is 2.94 bits per heavy atom. The SMILES string of the molecule is O=[N+]([O-])c1cc(CNC2CCCCCC2O)cs1. The van der Waals surface area contributed by atoms with Crippen LogP contribution in [0.15, 0.2) is 11.4 Å². The molecule has 6 heteroatoms. The molecular formula is C12H18N2O3S. The van der Waals surface area contributed by atoms with Crippen LogP contribution in [-0.4, -0.2) is 22.2 Å². The second-order valence-electron chi connectivity index (χ2n) is 4.74. The van der Waals surface area contributed by atoms with Crippen molar-refractivity contribution in [3.8, 4) is 0 Å². The van der Waals surface area contributed by atoms with Crippen LogP contribution in [0.25, 0.3) is 0 Å². The summed E-state index contributed by atoms with van der Waals surface area (Å²) >= 11 is 1.15. The quantitative estimate of drug-likeness (QED) is 0.500. The van der Waals surface area contributed by atoms with E-state index in [0.717, 1.165) is 42.6 Å². The minimum atomic E-state index is -0.366. The van der Waals surface area contributed by atoms with E-state index < -0.39 is 0 Å². The molecule has 0 saturated heterocycles. The molecule has 1 aliphatic carbocycles. The number of nitrogens with one attached hydrogen (secondary N) is 1. The van der Waals surface area contributed by atoms with Crippen LogP contribution < -0.4 is 5.32 Å². The molecule has 0 amide bonds. The zero-order valence-corrected chi connectivity index (χ0v) is 11.0. The maximum absolute atomic E-state index is 10.6. The number of aliphatic hydroxyl groups is 1. The third-order valence-electron chi connectivity index (χ3n) is 3.37. The first kappa shape index (κ1) is 13.5. The van der Waals surface area contributed by atoms with Crippen molar-refractivity contribution >= 4 is 16.3 Å². The van der Waals surface area contributed by atoms with Crippen molar-refractivity contribution in [3.05, 3.63) is 27.1 Å². The van der Waals surface area contributed by atoms with E-state index in [1.54, 1.807) is 11.4 Å². The van der Waals surface area contributed by atoms with Crippen LogP contribution >= 0.6 is 11.3 Å². The van der Waals surface area contributed by atoms with Gasteiger partial charge in [-0.05, 0) is 18.4 Å². The summed E-state index contributed by atoms with van der Waals surface area (Å²) in [6, 6.07) is 1.72. The summed E-state index contributed by atoms with van der Waals surface area (Å²) in [5.74, 6) is 0. The van der Waals surface area contributed by atoms with E-state index in [9.17, 15) is 15.2 Å². The fourth-order valence-electron chi connectivity index (χ4n) is 2.33. The van der Waals surface area contributed by atoms with E-state index in [1.165, 1.54) is 6.42 Å². The maximum atomic E-state index is 10.6. The summed E-state index contributed by atoms with van der Waals surface area (Å²) in [5.41, 5.74) is 0.920. The lowest BCUT2D eigenvalue weighted by Crippen LogP contribution is -2.38. The van der Waals surface area contributed by atoms with Crippen molar-refractivity contribution in [1.29, 1.82) is 0 Å². The first-order valence-electron chi connectivity index (χ1n) is 6.30. The molecule has 0 bridgehead atoms. The molecule has 0 aliphatic heterocycles. The van der Waals surface area contributed by atoms with Gasteiger partial charge in [-0.1, -0.05) is 30.6 Å². The van der Waals surface area contributed by atoms with E-state index >= 15 is 0 Å². The molecule has 1 aromatic heterocycles. The number of thiophene rings is 1. The number of rotatable bonds is 4. The highest BCUT2D eigenvalue weighted by Crippen LogP contribution is 2.23. The van der Waals surface area contributed by atoms with Crippen molar-refractivity contribution < 1.29 is 10.0 Å². The van der Waals surface area contributed by atoms with Crippen LogP contribution in [0, 0.1) is 10.1 Å². The molecule has 0 radical (unpaired) electrons. The summed E-state index contributed by atoms with van der Waals surface area (Å²) in [5, 5.41) is 25.8. The number of aliphatic hydroxyl groups excluding tert-OH is 1. The highest BCUT2D eigenvalue weighted by Gasteiger charge is 2.21. The fourth-order valence-corrected chi connectivity index (χ4v) is 3.06. The molecule has 2 N–H and O–H groups in total. The van der Waals surface area contributed by atoms with Crippen LogP contribution in [0.4, 0.5) is 5.00 Å². The number of hydrogen-bond acceptors (Lipinski definition) is 5. The summed E-state index contributed by atoms with van der Waals surface area (Å²) in [6.07, 6.45) is 4.94. The number of hydrogen-bond donors (Lipinski definition) is 2. The lowest BCUT2D eigenvalue weighted by atomic mass is 10.1. The van der Waals surface area contributed by atoms with Gasteiger partial charge in [-0.25, -0.2) is 0 Å². The van der Waals surface area contributed by atoms with Gasteiger partial charge in [0.05, 0.1) is 11.0 Å². The van der Waals surface area contributed by atoms with Gasteiger partial charge < -0.3 is 10.4 Å². The van der Waals surface area contributed by atoms with Gasteiger partial charge in [0.15, 0.2) is 0 Å². The minimum absolute atomic E-state index is 0.117. The van der Waals surface area contributed by atoms with Crippen LogP contribution in [0.5, 0.6) is 0 Å². The molecule has 2 rings (SSSR count). The van der Waals surface area contributed by atoms with Gasteiger partial charge in [0, 0.05) is 24.0 Å². The molecular weight excluding hydrogens is 252 g/mol. The Balaban J connectivity index is 1.87. The predicted molar refractivity (Wildman–Crippen MR) is 70.7 cm³/mol. The topological polar surface area (TPSA) is 75.4 Å². The van der Waals surface area contributed by atoms with Crippen molar-refractivity contribution in [2.45, 2.75) is 50.8 Å². The second-order valence-corrected chi connectivity index (χ2v) is 5.63. The molecule has 0 aromatic carbocycles. The van der Waals surface area contributed by atoms with E-state index in [0.29, 0.717) is 6.54 Å². The molecule has 1 saturated carbocycles. The van der Waals surface area contributed by atoms with Crippen molar-refractivity contribution in [2.24, 2.45) is 0 Å².